The van der Waals surface area contributed by atoms with E-state index in [1.807, 2.05) is 7.05 Å². The van der Waals surface area contributed by atoms with E-state index in [1.165, 1.54) is 37.2 Å². The maximum atomic E-state index is 6.09. The van der Waals surface area contributed by atoms with Gasteiger partial charge < -0.3 is 5.32 Å². The summed E-state index contributed by atoms with van der Waals surface area (Å²) in [6, 6.07) is 0.437. The van der Waals surface area contributed by atoms with Crippen LogP contribution in [0.15, 0.2) is 6.20 Å². The molecule has 108 valence electrons. The van der Waals surface area contributed by atoms with Crippen molar-refractivity contribution in [3.05, 3.63) is 15.5 Å². The van der Waals surface area contributed by atoms with E-state index in [9.17, 15) is 0 Å². The zero-order chi connectivity index (χ0) is 13.7. The van der Waals surface area contributed by atoms with Crippen LogP contribution < -0.4 is 5.32 Å². The number of halogens is 1. The van der Waals surface area contributed by atoms with Crippen LogP contribution in [0.2, 0.25) is 4.34 Å². The van der Waals surface area contributed by atoms with Crippen molar-refractivity contribution in [1.82, 2.24) is 15.2 Å². The van der Waals surface area contributed by atoms with E-state index in [1.54, 1.807) is 17.5 Å². The highest BCUT2D eigenvalue weighted by Gasteiger charge is 2.32. The van der Waals surface area contributed by atoms with Crippen molar-refractivity contribution in [1.29, 1.82) is 0 Å². The summed E-state index contributed by atoms with van der Waals surface area (Å²) in [6.07, 6.45) is 6.90. The van der Waals surface area contributed by atoms with E-state index < -0.39 is 0 Å². The van der Waals surface area contributed by atoms with Crippen LogP contribution in [0.5, 0.6) is 0 Å². The summed E-state index contributed by atoms with van der Waals surface area (Å²) in [4.78, 5) is 7.18. The lowest BCUT2D eigenvalue weighted by molar-refractivity contribution is 0.154. The molecular formula is C14H24ClN3S. The Kier molecular flexibility index (Phi) is 6.07. The second-order valence-corrected chi connectivity index (χ2v) is 6.99. The van der Waals surface area contributed by atoms with E-state index in [4.69, 9.17) is 11.6 Å². The summed E-state index contributed by atoms with van der Waals surface area (Å²) < 4.78 is 0.805. The van der Waals surface area contributed by atoms with Crippen LogP contribution in [0.1, 0.15) is 43.7 Å². The highest BCUT2D eigenvalue weighted by molar-refractivity contribution is 7.15. The van der Waals surface area contributed by atoms with Gasteiger partial charge in [0.2, 0.25) is 0 Å². The molecule has 0 bridgehead atoms. The third-order valence-electron chi connectivity index (χ3n) is 3.84. The molecule has 19 heavy (non-hydrogen) atoms. The lowest BCUT2D eigenvalue weighted by Gasteiger charge is -2.33. The number of nitrogens with one attached hydrogen (secondary N) is 1. The van der Waals surface area contributed by atoms with Crippen molar-refractivity contribution < 1.29 is 0 Å². The molecule has 0 amide bonds. The second-order valence-electron chi connectivity index (χ2n) is 5.30. The highest BCUT2D eigenvalue weighted by Crippen LogP contribution is 2.37. The van der Waals surface area contributed by atoms with E-state index in [-0.39, 0.29) is 0 Å². The molecule has 1 aromatic rings. The van der Waals surface area contributed by atoms with Crippen molar-refractivity contribution in [3.8, 4) is 0 Å². The van der Waals surface area contributed by atoms with E-state index in [2.05, 4.69) is 22.1 Å². The van der Waals surface area contributed by atoms with Crippen molar-refractivity contribution in [3.63, 3.8) is 0 Å². The number of thiazole rings is 1. The molecule has 0 saturated carbocycles. The molecule has 2 heterocycles. The van der Waals surface area contributed by atoms with Gasteiger partial charge in [0.05, 0.1) is 12.2 Å². The number of nitrogens with zero attached hydrogens (tertiary/aromatic N) is 2. The first-order valence-electron chi connectivity index (χ1n) is 7.26. The number of likely N-dealkylation sites (tertiary alicyclic amines) is 1. The molecule has 0 radical (unpaired) electrons. The van der Waals surface area contributed by atoms with Gasteiger partial charge in [-0.15, -0.1) is 11.3 Å². The van der Waals surface area contributed by atoms with Gasteiger partial charge in [0, 0.05) is 0 Å². The van der Waals surface area contributed by atoms with Gasteiger partial charge in [0.25, 0.3) is 0 Å². The minimum Gasteiger partial charge on any atom is -0.319 e. The zero-order valence-electron chi connectivity index (χ0n) is 11.9. The maximum Gasteiger partial charge on any atom is 0.113 e. The number of hydrogen-bond donors (Lipinski definition) is 1. The molecule has 0 spiro atoms. The van der Waals surface area contributed by atoms with Crippen LogP contribution in [0.25, 0.3) is 0 Å². The molecule has 5 heteroatoms. The third-order valence-corrected chi connectivity index (χ3v) is 5.02. The maximum absolute atomic E-state index is 6.09. The van der Waals surface area contributed by atoms with E-state index in [0.717, 1.165) is 17.4 Å². The summed E-state index contributed by atoms with van der Waals surface area (Å²) >= 11 is 7.74. The summed E-state index contributed by atoms with van der Waals surface area (Å²) in [7, 11) is 2.04. The molecule has 1 aliphatic heterocycles. The summed E-state index contributed by atoms with van der Waals surface area (Å²) in [6.45, 7) is 5.66. The molecule has 1 N–H and O–H groups in total. The molecule has 3 nitrogen and oxygen atoms in total. The fourth-order valence-corrected chi connectivity index (χ4v) is 4.25. The minimum atomic E-state index is 0.437. The zero-order valence-corrected chi connectivity index (χ0v) is 13.4. The average molecular weight is 302 g/mol. The first-order chi connectivity index (χ1) is 9.26. The predicted octanol–water partition coefficient (Wildman–Crippen LogP) is 3.57. The summed E-state index contributed by atoms with van der Waals surface area (Å²) in [5.41, 5.74) is 0. The Labute approximate surface area is 125 Å². The van der Waals surface area contributed by atoms with Crippen molar-refractivity contribution >= 4 is 22.9 Å². The van der Waals surface area contributed by atoms with Gasteiger partial charge in [-0.3, -0.25) is 4.90 Å². The molecule has 0 aliphatic carbocycles. The summed E-state index contributed by atoms with van der Waals surface area (Å²) in [5.74, 6) is 0.640. The lowest BCUT2D eigenvalue weighted by atomic mass is 9.94. The van der Waals surface area contributed by atoms with Gasteiger partial charge in [-0.1, -0.05) is 24.9 Å². The van der Waals surface area contributed by atoms with Crippen molar-refractivity contribution in [2.24, 2.45) is 5.92 Å². The molecule has 1 saturated heterocycles. The van der Waals surface area contributed by atoms with E-state index >= 15 is 0 Å². The number of aromatic nitrogens is 1. The Balaban J connectivity index is 2.25. The van der Waals surface area contributed by atoms with Crippen LogP contribution in [0.3, 0.4) is 0 Å². The van der Waals surface area contributed by atoms with Gasteiger partial charge >= 0.3 is 0 Å². The first kappa shape index (κ1) is 15.2. The SMILES string of the molecule is CCCN1CCCCC(CNC)C1c1ncc(Cl)s1. The topological polar surface area (TPSA) is 28.2 Å². The first-order valence-corrected chi connectivity index (χ1v) is 8.45. The second kappa shape index (κ2) is 7.58. The Morgan fingerprint density at radius 1 is 1.53 bits per heavy atom. The van der Waals surface area contributed by atoms with Gasteiger partial charge in [0.1, 0.15) is 9.34 Å². The third kappa shape index (κ3) is 3.91. The number of rotatable bonds is 5. The Morgan fingerprint density at radius 3 is 3.00 bits per heavy atom. The Morgan fingerprint density at radius 2 is 2.37 bits per heavy atom. The van der Waals surface area contributed by atoms with Gasteiger partial charge in [-0.2, -0.15) is 0 Å². The summed E-state index contributed by atoms with van der Waals surface area (Å²) in [5, 5.41) is 4.55. The highest BCUT2D eigenvalue weighted by atomic mass is 35.5. The van der Waals surface area contributed by atoms with Gasteiger partial charge in [-0.25, -0.2) is 4.98 Å². The lowest BCUT2D eigenvalue weighted by Crippen LogP contribution is -2.36. The largest absolute Gasteiger partial charge is 0.319 e. The van der Waals surface area contributed by atoms with Gasteiger partial charge in [-0.05, 0) is 51.9 Å². The molecule has 2 rings (SSSR count). The van der Waals surface area contributed by atoms with Crippen LogP contribution in [0.4, 0.5) is 0 Å². The molecule has 0 aromatic carbocycles. The molecule has 1 aromatic heterocycles. The molecular weight excluding hydrogens is 278 g/mol. The average Bonchev–Trinajstić information content (AvgIpc) is 2.71. The van der Waals surface area contributed by atoms with E-state index in [0.29, 0.717) is 12.0 Å². The number of hydrogen-bond acceptors (Lipinski definition) is 4. The monoisotopic (exact) mass is 301 g/mol. The molecule has 1 fully saturated rings. The van der Waals surface area contributed by atoms with Crippen molar-refractivity contribution in [2.75, 3.05) is 26.7 Å². The quantitative estimate of drug-likeness (QED) is 0.901. The fraction of sp³-hybridized carbons (Fsp3) is 0.786. The van der Waals surface area contributed by atoms with Crippen LogP contribution in [-0.4, -0.2) is 36.6 Å². The molecule has 2 unspecified atom stereocenters. The van der Waals surface area contributed by atoms with Crippen LogP contribution in [-0.2, 0) is 0 Å². The van der Waals surface area contributed by atoms with Crippen LogP contribution in [0, 0.1) is 5.92 Å². The predicted molar refractivity (Wildman–Crippen MR) is 83.0 cm³/mol. The minimum absolute atomic E-state index is 0.437. The molecule has 1 aliphatic rings. The smallest absolute Gasteiger partial charge is 0.113 e. The van der Waals surface area contributed by atoms with Crippen LogP contribution >= 0.6 is 22.9 Å². The standard InChI is InChI=1S/C14H24ClN3S/c1-3-7-18-8-5-4-6-11(9-16-2)13(18)14-17-10-12(15)19-14/h10-11,13,16H,3-9H2,1-2H3. The van der Waals surface area contributed by atoms with Crippen molar-refractivity contribution in [2.45, 2.75) is 38.6 Å². The Bertz CT molecular complexity index is 367. The molecule has 2 atom stereocenters. The Hall–Kier alpha value is -0.160. The fourth-order valence-electron chi connectivity index (χ4n) is 3.09. The van der Waals surface area contributed by atoms with Gasteiger partial charge in [0.15, 0.2) is 0 Å². The normalized spacial score (nSPS) is 25.4.